The predicted octanol–water partition coefficient (Wildman–Crippen LogP) is 2.58. The summed E-state index contributed by atoms with van der Waals surface area (Å²) in [6.07, 6.45) is 5.76. The van der Waals surface area contributed by atoms with Gasteiger partial charge in [0, 0.05) is 11.8 Å². The van der Waals surface area contributed by atoms with Crippen LogP contribution in [0.25, 0.3) is 0 Å². The quantitative estimate of drug-likeness (QED) is 0.193. The SMILES string of the molecule is CCOC(=O)[C@H](Cc1ccc(O)cc1)NC(=O)CO/N=C1\C=C2CC[C@@H]3[C@H]([C@@H](O)C[C@@]4(C)[C@H]3CC[C@]4(O)C(=O)CO)[C@@]2(C)CC1. The van der Waals surface area contributed by atoms with Gasteiger partial charge in [-0.1, -0.05) is 36.7 Å². The number of hydrogen-bond acceptors (Lipinski definition) is 10. The highest BCUT2D eigenvalue weighted by Gasteiger charge is 2.68. The van der Waals surface area contributed by atoms with Gasteiger partial charge in [0.1, 0.15) is 24.0 Å². The molecule has 0 bridgehead atoms. The summed E-state index contributed by atoms with van der Waals surface area (Å²) in [6, 6.07) is 5.44. The Morgan fingerprint density at radius 2 is 1.84 bits per heavy atom. The minimum atomic E-state index is -1.62. The molecule has 246 valence electrons. The summed E-state index contributed by atoms with van der Waals surface area (Å²) in [4.78, 5) is 43.3. The highest BCUT2D eigenvalue weighted by atomic mass is 16.6. The number of Topliss-reactive ketones (excluding diaryl/α,β-unsaturated/α-hetero) is 1. The van der Waals surface area contributed by atoms with Gasteiger partial charge in [0.15, 0.2) is 12.4 Å². The number of aliphatic hydroxyl groups is 3. The lowest BCUT2D eigenvalue weighted by atomic mass is 9.45. The normalized spacial score (nSPS) is 35.3. The van der Waals surface area contributed by atoms with Gasteiger partial charge in [-0.3, -0.25) is 9.59 Å². The van der Waals surface area contributed by atoms with Crippen molar-refractivity contribution in [2.45, 2.75) is 89.9 Å². The van der Waals surface area contributed by atoms with E-state index in [1.54, 1.807) is 19.1 Å². The number of esters is 1. The molecule has 3 saturated carbocycles. The van der Waals surface area contributed by atoms with Gasteiger partial charge in [0.05, 0.1) is 18.4 Å². The van der Waals surface area contributed by atoms with E-state index in [1.165, 1.54) is 17.7 Å². The molecule has 11 heteroatoms. The zero-order chi connectivity index (χ0) is 32.6. The number of amides is 1. The molecule has 8 atom stereocenters. The number of carbonyl (C=O) groups excluding carboxylic acids is 3. The Morgan fingerprint density at radius 3 is 2.53 bits per heavy atom. The maximum absolute atomic E-state index is 12.7. The van der Waals surface area contributed by atoms with Gasteiger partial charge in [-0.05, 0) is 98.8 Å². The highest BCUT2D eigenvalue weighted by molar-refractivity contribution is 5.96. The molecule has 0 unspecified atom stereocenters. The van der Waals surface area contributed by atoms with E-state index in [0.29, 0.717) is 31.4 Å². The molecule has 4 aliphatic carbocycles. The first-order chi connectivity index (χ1) is 21.4. The van der Waals surface area contributed by atoms with Gasteiger partial charge in [-0.15, -0.1) is 0 Å². The Morgan fingerprint density at radius 1 is 1.11 bits per heavy atom. The molecule has 4 aliphatic rings. The van der Waals surface area contributed by atoms with Crippen LogP contribution >= 0.6 is 0 Å². The number of allylic oxidation sites excluding steroid dienone is 2. The number of rotatable bonds is 10. The summed E-state index contributed by atoms with van der Waals surface area (Å²) >= 11 is 0. The van der Waals surface area contributed by atoms with E-state index in [4.69, 9.17) is 9.57 Å². The third-order valence-electron chi connectivity index (χ3n) is 11.3. The number of fused-ring (bicyclic) bond motifs is 5. The minimum absolute atomic E-state index is 0.0243. The first-order valence-corrected chi connectivity index (χ1v) is 16.0. The lowest BCUT2D eigenvalue weighted by Crippen LogP contribution is -2.62. The number of phenolic OH excluding ortho intramolecular Hbond substituents is 1. The summed E-state index contributed by atoms with van der Waals surface area (Å²) in [6.45, 7) is 4.87. The maximum atomic E-state index is 12.7. The average Bonchev–Trinajstić information content (AvgIpc) is 3.28. The highest BCUT2D eigenvalue weighted by Crippen LogP contribution is 2.67. The van der Waals surface area contributed by atoms with Gasteiger partial charge >= 0.3 is 5.97 Å². The number of ether oxygens (including phenoxy) is 1. The van der Waals surface area contributed by atoms with Crippen LogP contribution in [0.5, 0.6) is 5.75 Å². The van der Waals surface area contributed by atoms with E-state index in [1.807, 2.05) is 13.0 Å². The lowest BCUT2D eigenvalue weighted by Gasteiger charge is -2.60. The van der Waals surface area contributed by atoms with Gasteiger partial charge in [0.2, 0.25) is 0 Å². The number of benzene rings is 1. The molecule has 1 aromatic carbocycles. The predicted molar refractivity (Wildman–Crippen MR) is 164 cm³/mol. The maximum Gasteiger partial charge on any atom is 0.328 e. The second-order valence-electron chi connectivity index (χ2n) is 13.7. The second-order valence-corrected chi connectivity index (χ2v) is 13.7. The van der Waals surface area contributed by atoms with E-state index in [-0.39, 0.29) is 48.6 Å². The topological polar surface area (TPSA) is 175 Å². The summed E-state index contributed by atoms with van der Waals surface area (Å²) < 4.78 is 5.13. The molecule has 5 N–H and O–H groups in total. The lowest BCUT2D eigenvalue weighted by molar-refractivity contribution is -0.181. The molecule has 0 aromatic heterocycles. The van der Waals surface area contributed by atoms with Crippen LogP contribution in [0.15, 0.2) is 41.1 Å². The molecule has 0 spiro atoms. The minimum Gasteiger partial charge on any atom is -0.508 e. The molecule has 0 aliphatic heterocycles. The van der Waals surface area contributed by atoms with Crippen molar-refractivity contribution < 1.29 is 44.4 Å². The molecule has 1 aromatic rings. The van der Waals surface area contributed by atoms with Crippen LogP contribution in [0.3, 0.4) is 0 Å². The van der Waals surface area contributed by atoms with E-state index < -0.39 is 47.4 Å². The molecule has 3 fully saturated rings. The number of nitrogens with one attached hydrogen (secondary N) is 1. The summed E-state index contributed by atoms with van der Waals surface area (Å²) in [5, 5.41) is 49.0. The van der Waals surface area contributed by atoms with Crippen LogP contribution in [0, 0.1) is 28.6 Å². The molecule has 5 rings (SSSR count). The Balaban J connectivity index is 1.23. The van der Waals surface area contributed by atoms with Gasteiger partial charge in [-0.2, -0.15) is 0 Å². The van der Waals surface area contributed by atoms with Crippen molar-refractivity contribution in [2.75, 3.05) is 19.8 Å². The van der Waals surface area contributed by atoms with E-state index in [2.05, 4.69) is 17.4 Å². The Labute approximate surface area is 263 Å². The molecule has 11 nitrogen and oxygen atoms in total. The zero-order valence-corrected chi connectivity index (χ0v) is 26.3. The zero-order valence-electron chi connectivity index (χ0n) is 26.3. The smallest absolute Gasteiger partial charge is 0.328 e. The molecular weight excluding hydrogens is 580 g/mol. The molecule has 45 heavy (non-hydrogen) atoms. The van der Waals surface area contributed by atoms with Crippen LogP contribution in [0.1, 0.15) is 71.3 Å². The Kier molecular flexibility index (Phi) is 9.45. The van der Waals surface area contributed by atoms with E-state index in [0.717, 1.165) is 24.8 Å². The van der Waals surface area contributed by atoms with Crippen molar-refractivity contribution in [3.8, 4) is 5.75 Å². The fourth-order valence-corrected chi connectivity index (χ4v) is 9.08. The second kappa shape index (κ2) is 12.8. The van der Waals surface area contributed by atoms with Crippen molar-refractivity contribution in [1.82, 2.24) is 5.32 Å². The van der Waals surface area contributed by atoms with Crippen LogP contribution in [-0.4, -0.2) is 81.4 Å². The average molecular weight is 627 g/mol. The number of carbonyl (C=O) groups is 3. The van der Waals surface area contributed by atoms with Crippen LogP contribution in [0.2, 0.25) is 0 Å². The van der Waals surface area contributed by atoms with Crippen LogP contribution in [0.4, 0.5) is 0 Å². The van der Waals surface area contributed by atoms with E-state index >= 15 is 0 Å². The number of ketones is 1. The van der Waals surface area contributed by atoms with Gasteiger partial charge in [0.25, 0.3) is 5.91 Å². The van der Waals surface area contributed by atoms with Crippen molar-refractivity contribution in [3.63, 3.8) is 0 Å². The van der Waals surface area contributed by atoms with E-state index in [9.17, 15) is 34.8 Å². The summed E-state index contributed by atoms with van der Waals surface area (Å²) in [5.74, 6) is -1.34. The summed E-state index contributed by atoms with van der Waals surface area (Å²) in [7, 11) is 0. The molecular formula is C34H46N2O9. The fraction of sp³-hybridized carbons (Fsp3) is 0.647. The monoisotopic (exact) mass is 626 g/mol. The van der Waals surface area contributed by atoms with Crippen molar-refractivity contribution in [2.24, 2.45) is 33.7 Å². The standard InChI is InChI=1S/C34H46N2O9/c1-4-44-31(42)26(15-20-5-8-23(38)9-6-20)35-29(41)19-45-36-22-11-13-32(2)21(16-22)7-10-24-25-12-14-34(43,28(40)18-37)33(25,3)17-27(39)30(24)32/h5-6,8-9,16,24-27,30,37-39,43H,4,7,10-15,17-19H2,1-3H3,(H,35,41)/b36-22-/t24-,25-,26-,27-,30+,32-,33-,34-/m0/s1. The molecule has 0 saturated heterocycles. The third-order valence-corrected chi connectivity index (χ3v) is 11.3. The number of phenols is 1. The first-order valence-electron chi connectivity index (χ1n) is 16.0. The Hall–Kier alpha value is -3.28. The summed E-state index contributed by atoms with van der Waals surface area (Å²) in [5.41, 5.74) is -0.0411. The first kappa shape index (κ1) is 33.1. The van der Waals surface area contributed by atoms with Crippen molar-refractivity contribution in [1.29, 1.82) is 0 Å². The molecule has 1 amide bonds. The number of aliphatic hydroxyl groups excluding tert-OH is 2. The van der Waals surface area contributed by atoms with Crippen molar-refractivity contribution in [3.05, 3.63) is 41.5 Å². The number of nitrogens with zero attached hydrogens (tertiary/aromatic N) is 1. The third kappa shape index (κ3) is 6.02. The van der Waals surface area contributed by atoms with Gasteiger partial charge < -0.3 is 35.3 Å². The fourth-order valence-electron chi connectivity index (χ4n) is 9.08. The largest absolute Gasteiger partial charge is 0.508 e. The Bertz CT molecular complexity index is 1360. The van der Waals surface area contributed by atoms with Crippen LogP contribution < -0.4 is 5.32 Å². The number of aromatic hydroxyl groups is 1. The van der Waals surface area contributed by atoms with Gasteiger partial charge in [-0.25, -0.2) is 4.79 Å². The van der Waals surface area contributed by atoms with Crippen LogP contribution in [-0.2, 0) is 30.4 Å². The van der Waals surface area contributed by atoms with Crippen molar-refractivity contribution >= 4 is 23.4 Å². The number of oxime groups is 1. The molecule has 0 heterocycles. The molecule has 0 radical (unpaired) electrons. The number of hydrogen-bond donors (Lipinski definition) is 5.